The van der Waals surface area contributed by atoms with Crippen LogP contribution in [0.4, 0.5) is 5.69 Å². The van der Waals surface area contributed by atoms with Gasteiger partial charge in [-0.1, -0.05) is 12.1 Å². The third kappa shape index (κ3) is 4.24. The van der Waals surface area contributed by atoms with Crippen molar-refractivity contribution in [2.45, 2.75) is 11.9 Å². The summed E-state index contributed by atoms with van der Waals surface area (Å²) in [5, 5.41) is 11.6. The fourth-order valence-electron chi connectivity index (χ4n) is 1.53. The first-order valence-corrected chi connectivity index (χ1v) is 7.06. The molecule has 0 saturated heterocycles. The summed E-state index contributed by atoms with van der Waals surface area (Å²) < 4.78 is 5.49. The van der Waals surface area contributed by atoms with E-state index >= 15 is 0 Å². The first-order valence-electron chi connectivity index (χ1n) is 6.08. The van der Waals surface area contributed by atoms with Gasteiger partial charge in [0.25, 0.3) is 5.69 Å². The number of hydrogen-bond acceptors (Lipinski definition) is 5. The number of pyridine rings is 1. The van der Waals surface area contributed by atoms with E-state index in [2.05, 4.69) is 4.98 Å². The maximum absolute atomic E-state index is 10.6. The van der Waals surface area contributed by atoms with E-state index in [-0.39, 0.29) is 5.69 Å². The van der Waals surface area contributed by atoms with Crippen LogP contribution in [0.25, 0.3) is 0 Å². The van der Waals surface area contributed by atoms with Crippen molar-refractivity contribution in [1.29, 1.82) is 0 Å². The lowest BCUT2D eigenvalue weighted by molar-refractivity contribution is -0.384. The van der Waals surface area contributed by atoms with Gasteiger partial charge < -0.3 is 4.74 Å². The lowest BCUT2D eigenvalue weighted by Crippen LogP contribution is -2.00. The monoisotopic (exact) mass is 290 g/mol. The van der Waals surface area contributed by atoms with Crippen molar-refractivity contribution >= 4 is 17.4 Å². The normalized spacial score (nSPS) is 10.2. The van der Waals surface area contributed by atoms with E-state index in [0.717, 1.165) is 16.3 Å². The second-order valence-corrected chi connectivity index (χ2v) is 5.24. The Bertz CT molecular complexity index is 587. The van der Waals surface area contributed by atoms with Crippen LogP contribution in [0.2, 0.25) is 0 Å². The number of thioether (sulfide) groups is 1. The number of hydrogen-bond donors (Lipinski definition) is 0. The van der Waals surface area contributed by atoms with E-state index in [1.807, 2.05) is 25.3 Å². The van der Waals surface area contributed by atoms with Gasteiger partial charge in [-0.2, -0.15) is 0 Å². The number of non-ortho nitro benzene ring substituents is 1. The van der Waals surface area contributed by atoms with E-state index in [1.54, 1.807) is 23.9 Å². The van der Waals surface area contributed by atoms with E-state index in [1.165, 1.54) is 12.1 Å². The number of aryl methyl sites for hydroxylation is 1. The molecule has 0 fully saturated rings. The zero-order valence-electron chi connectivity index (χ0n) is 11.0. The highest BCUT2D eigenvalue weighted by atomic mass is 32.2. The second-order valence-electron chi connectivity index (χ2n) is 4.13. The molecule has 1 aromatic heterocycles. The van der Waals surface area contributed by atoms with Crippen LogP contribution in [0.5, 0.6) is 5.75 Å². The summed E-state index contributed by atoms with van der Waals surface area (Å²) in [5.41, 5.74) is 1.16. The maximum Gasteiger partial charge on any atom is 0.273 e. The van der Waals surface area contributed by atoms with Gasteiger partial charge in [0, 0.05) is 18.0 Å². The predicted octanol–water partition coefficient (Wildman–Crippen LogP) is 3.47. The number of aromatic nitrogens is 1. The number of benzene rings is 1. The van der Waals surface area contributed by atoms with Crippen molar-refractivity contribution in [3.63, 3.8) is 0 Å². The van der Waals surface area contributed by atoms with Gasteiger partial charge in [0.1, 0.15) is 5.75 Å². The molecule has 0 saturated carbocycles. The Morgan fingerprint density at radius 1 is 1.35 bits per heavy atom. The number of rotatable bonds is 6. The molecule has 104 valence electrons. The summed E-state index contributed by atoms with van der Waals surface area (Å²) in [6.45, 7) is 2.47. The molecule has 0 aliphatic rings. The predicted molar refractivity (Wildman–Crippen MR) is 78.3 cm³/mol. The molecule has 0 spiro atoms. The van der Waals surface area contributed by atoms with Gasteiger partial charge in [-0.25, -0.2) is 4.98 Å². The van der Waals surface area contributed by atoms with Crippen molar-refractivity contribution in [3.8, 4) is 5.75 Å². The molecule has 20 heavy (non-hydrogen) atoms. The molecular formula is C14H14N2O3S. The lowest BCUT2D eigenvalue weighted by Gasteiger charge is -2.05. The lowest BCUT2D eigenvalue weighted by atomic mass is 10.3. The molecule has 0 unspecified atom stereocenters. The average Bonchev–Trinajstić information content (AvgIpc) is 2.46. The highest BCUT2D eigenvalue weighted by molar-refractivity contribution is 7.99. The Morgan fingerprint density at radius 3 is 2.90 bits per heavy atom. The van der Waals surface area contributed by atoms with Gasteiger partial charge in [-0.15, -0.1) is 11.8 Å². The van der Waals surface area contributed by atoms with Gasteiger partial charge in [0.2, 0.25) is 0 Å². The minimum absolute atomic E-state index is 0.0374. The van der Waals surface area contributed by atoms with Crippen LogP contribution in [0.1, 0.15) is 5.56 Å². The second kappa shape index (κ2) is 6.91. The Hall–Kier alpha value is -2.08. The summed E-state index contributed by atoms with van der Waals surface area (Å²) in [7, 11) is 0. The summed E-state index contributed by atoms with van der Waals surface area (Å²) in [4.78, 5) is 14.5. The first-order chi connectivity index (χ1) is 9.65. The van der Waals surface area contributed by atoms with E-state index < -0.39 is 4.92 Å². The third-order valence-corrected chi connectivity index (χ3v) is 3.42. The van der Waals surface area contributed by atoms with E-state index in [4.69, 9.17) is 4.74 Å². The SMILES string of the molecule is Cc1ccc(SCCOc2cccc([N+](=O)[O-])c2)nc1. The Balaban J connectivity index is 1.79. The number of ether oxygens (including phenoxy) is 1. The van der Waals surface area contributed by atoms with Crippen molar-refractivity contribution in [3.05, 3.63) is 58.3 Å². The quantitative estimate of drug-likeness (QED) is 0.353. The van der Waals surface area contributed by atoms with Crippen LogP contribution in [0.3, 0.4) is 0 Å². The molecule has 2 rings (SSSR count). The molecule has 0 aliphatic heterocycles. The van der Waals surface area contributed by atoms with Gasteiger partial charge >= 0.3 is 0 Å². The molecule has 0 amide bonds. The van der Waals surface area contributed by atoms with Crippen LogP contribution in [-0.2, 0) is 0 Å². The molecule has 0 N–H and O–H groups in total. The summed E-state index contributed by atoms with van der Waals surface area (Å²) >= 11 is 1.59. The standard InChI is InChI=1S/C14H14N2O3S/c1-11-5-6-14(15-10-11)20-8-7-19-13-4-2-3-12(9-13)16(17)18/h2-6,9-10H,7-8H2,1H3. The van der Waals surface area contributed by atoms with Crippen LogP contribution in [0.15, 0.2) is 47.6 Å². The summed E-state index contributed by atoms with van der Waals surface area (Å²) in [6.07, 6.45) is 1.82. The third-order valence-electron chi connectivity index (χ3n) is 2.51. The highest BCUT2D eigenvalue weighted by Gasteiger charge is 2.06. The number of nitro groups is 1. The van der Waals surface area contributed by atoms with Gasteiger partial charge in [-0.05, 0) is 24.6 Å². The molecular weight excluding hydrogens is 276 g/mol. The van der Waals surface area contributed by atoms with Crippen LogP contribution in [-0.4, -0.2) is 22.3 Å². The van der Waals surface area contributed by atoms with E-state index in [0.29, 0.717) is 12.4 Å². The highest BCUT2D eigenvalue weighted by Crippen LogP contribution is 2.20. The first kappa shape index (κ1) is 14.3. The molecule has 1 aromatic carbocycles. The van der Waals surface area contributed by atoms with Crippen LogP contribution in [0, 0.1) is 17.0 Å². The fraction of sp³-hybridized carbons (Fsp3) is 0.214. The van der Waals surface area contributed by atoms with Crippen molar-refractivity contribution in [1.82, 2.24) is 4.98 Å². The zero-order valence-corrected chi connectivity index (χ0v) is 11.8. The zero-order chi connectivity index (χ0) is 14.4. The topological polar surface area (TPSA) is 65.3 Å². The minimum atomic E-state index is -0.433. The molecule has 5 nitrogen and oxygen atoms in total. The molecule has 2 aromatic rings. The van der Waals surface area contributed by atoms with Crippen molar-refractivity contribution < 1.29 is 9.66 Å². The summed E-state index contributed by atoms with van der Waals surface area (Å²) in [6, 6.07) is 10.2. The minimum Gasteiger partial charge on any atom is -0.492 e. The number of nitrogens with zero attached hydrogens (tertiary/aromatic N) is 2. The van der Waals surface area contributed by atoms with Gasteiger partial charge in [0.15, 0.2) is 0 Å². The Kier molecular flexibility index (Phi) is 4.95. The molecule has 0 radical (unpaired) electrons. The van der Waals surface area contributed by atoms with Gasteiger partial charge in [0.05, 0.1) is 22.6 Å². The average molecular weight is 290 g/mol. The van der Waals surface area contributed by atoms with Crippen LogP contribution < -0.4 is 4.74 Å². The van der Waals surface area contributed by atoms with Crippen molar-refractivity contribution in [2.75, 3.05) is 12.4 Å². The molecule has 0 bridgehead atoms. The fourth-order valence-corrected chi connectivity index (χ4v) is 2.20. The molecule has 0 aliphatic carbocycles. The summed E-state index contributed by atoms with van der Waals surface area (Å²) in [5.74, 6) is 1.25. The molecule has 1 heterocycles. The Labute approximate surface area is 121 Å². The smallest absolute Gasteiger partial charge is 0.273 e. The largest absolute Gasteiger partial charge is 0.492 e. The van der Waals surface area contributed by atoms with E-state index in [9.17, 15) is 10.1 Å². The van der Waals surface area contributed by atoms with Crippen LogP contribution >= 0.6 is 11.8 Å². The number of nitro benzene ring substituents is 1. The molecule has 0 atom stereocenters. The maximum atomic E-state index is 10.6. The molecule has 6 heteroatoms. The van der Waals surface area contributed by atoms with Crippen molar-refractivity contribution in [2.24, 2.45) is 0 Å². The van der Waals surface area contributed by atoms with Gasteiger partial charge in [-0.3, -0.25) is 10.1 Å². The Morgan fingerprint density at radius 2 is 2.20 bits per heavy atom.